The van der Waals surface area contributed by atoms with Crippen LogP contribution >= 0.6 is 0 Å². The minimum absolute atomic E-state index is 0.00865. The van der Waals surface area contributed by atoms with Gasteiger partial charge in [-0.05, 0) is 37.1 Å². The van der Waals surface area contributed by atoms with Crippen molar-refractivity contribution in [2.45, 2.75) is 31.5 Å². The normalized spacial score (nSPS) is 17.5. The molecule has 2 atom stereocenters. The van der Waals surface area contributed by atoms with E-state index in [1.54, 1.807) is 24.5 Å². The summed E-state index contributed by atoms with van der Waals surface area (Å²) < 4.78 is 10.5. The second-order valence-electron chi connectivity index (χ2n) is 5.93. The number of rotatable bonds is 6. The SMILES string of the molecule is O=[C]C(c1ccco1)N(C(=O)OCc1ccccc1)C(=O)[C@@H]1CCCN1. The van der Waals surface area contributed by atoms with E-state index in [0.717, 1.165) is 16.9 Å². The summed E-state index contributed by atoms with van der Waals surface area (Å²) in [6.07, 6.45) is 3.59. The fourth-order valence-electron chi connectivity index (χ4n) is 2.86. The highest BCUT2D eigenvalue weighted by molar-refractivity contribution is 5.97. The molecule has 1 aliphatic heterocycles. The number of hydrogen-bond acceptors (Lipinski definition) is 6. The molecule has 2 amide bonds. The summed E-state index contributed by atoms with van der Waals surface area (Å²) in [4.78, 5) is 37.8. The van der Waals surface area contributed by atoms with Crippen molar-refractivity contribution >= 4 is 18.3 Å². The van der Waals surface area contributed by atoms with Crippen molar-refractivity contribution in [1.29, 1.82) is 0 Å². The molecule has 1 aromatic heterocycles. The van der Waals surface area contributed by atoms with Crippen LogP contribution in [0.25, 0.3) is 0 Å². The number of furan rings is 1. The van der Waals surface area contributed by atoms with Gasteiger partial charge < -0.3 is 14.5 Å². The van der Waals surface area contributed by atoms with E-state index in [1.807, 2.05) is 18.2 Å². The van der Waals surface area contributed by atoms with Crippen LogP contribution in [-0.2, 0) is 20.9 Å². The van der Waals surface area contributed by atoms with Crippen molar-refractivity contribution in [3.05, 3.63) is 60.1 Å². The molecule has 2 aromatic rings. The Morgan fingerprint density at radius 2 is 2.08 bits per heavy atom. The number of carbonyl (C=O) groups is 2. The molecule has 1 fully saturated rings. The molecule has 0 spiro atoms. The van der Waals surface area contributed by atoms with Crippen LogP contribution in [0.15, 0.2) is 53.1 Å². The van der Waals surface area contributed by atoms with E-state index in [-0.39, 0.29) is 12.4 Å². The van der Waals surface area contributed by atoms with Gasteiger partial charge in [0.2, 0.25) is 12.2 Å². The Labute approximate surface area is 150 Å². The number of nitrogens with one attached hydrogen (secondary N) is 1. The second kappa shape index (κ2) is 8.44. The average Bonchev–Trinajstić information content (AvgIpc) is 3.38. The largest absolute Gasteiger partial charge is 0.467 e. The highest BCUT2D eigenvalue weighted by atomic mass is 16.6. The van der Waals surface area contributed by atoms with Gasteiger partial charge in [0.05, 0.1) is 12.3 Å². The number of benzene rings is 1. The lowest BCUT2D eigenvalue weighted by Crippen LogP contribution is -2.48. The molecule has 0 aliphatic carbocycles. The van der Waals surface area contributed by atoms with Gasteiger partial charge in [-0.15, -0.1) is 0 Å². The zero-order valence-corrected chi connectivity index (χ0v) is 14.1. The van der Waals surface area contributed by atoms with Gasteiger partial charge in [-0.25, -0.2) is 9.69 Å². The summed E-state index contributed by atoms with van der Waals surface area (Å²) in [5.41, 5.74) is 0.775. The molecule has 1 unspecified atom stereocenters. The zero-order chi connectivity index (χ0) is 18.4. The van der Waals surface area contributed by atoms with Gasteiger partial charge in [-0.2, -0.15) is 0 Å². The molecule has 26 heavy (non-hydrogen) atoms. The highest BCUT2D eigenvalue weighted by Gasteiger charge is 2.39. The molecule has 1 radical (unpaired) electrons. The van der Waals surface area contributed by atoms with Crippen LogP contribution in [0, 0.1) is 0 Å². The van der Waals surface area contributed by atoms with Crippen LogP contribution in [0.1, 0.15) is 30.2 Å². The molecular weight excluding hydrogens is 336 g/mol. The Morgan fingerprint density at radius 1 is 1.27 bits per heavy atom. The Kier molecular flexibility index (Phi) is 5.80. The molecule has 1 aliphatic rings. The van der Waals surface area contributed by atoms with Crippen LogP contribution in [0.4, 0.5) is 4.79 Å². The number of nitrogens with zero attached hydrogens (tertiary/aromatic N) is 1. The van der Waals surface area contributed by atoms with E-state index in [4.69, 9.17) is 9.15 Å². The highest BCUT2D eigenvalue weighted by Crippen LogP contribution is 2.23. The lowest BCUT2D eigenvalue weighted by Gasteiger charge is -2.26. The van der Waals surface area contributed by atoms with E-state index in [2.05, 4.69) is 5.32 Å². The number of hydrogen-bond donors (Lipinski definition) is 1. The van der Waals surface area contributed by atoms with Crippen LogP contribution in [0.2, 0.25) is 0 Å². The molecule has 1 N–H and O–H groups in total. The molecule has 2 heterocycles. The van der Waals surface area contributed by atoms with E-state index < -0.39 is 24.1 Å². The van der Waals surface area contributed by atoms with Crippen molar-refractivity contribution in [3.8, 4) is 0 Å². The fraction of sp³-hybridized carbons (Fsp3) is 0.316. The van der Waals surface area contributed by atoms with Crippen molar-refractivity contribution in [3.63, 3.8) is 0 Å². The van der Waals surface area contributed by atoms with Gasteiger partial charge in [-0.3, -0.25) is 9.59 Å². The molecule has 1 saturated heterocycles. The van der Waals surface area contributed by atoms with Gasteiger partial charge >= 0.3 is 6.09 Å². The Balaban J connectivity index is 1.80. The summed E-state index contributed by atoms with van der Waals surface area (Å²) in [6, 6.07) is 10.4. The van der Waals surface area contributed by atoms with Crippen molar-refractivity contribution in [2.75, 3.05) is 6.54 Å². The van der Waals surface area contributed by atoms with E-state index >= 15 is 0 Å². The number of carbonyl (C=O) groups excluding carboxylic acids is 3. The molecule has 135 valence electrons. The second-order valence-corrected chi connectivity index (χ2v) is 5.93. The molecule has 7 nitrogen and oxygen atoms in total. The quantitative estimate of drug-likeness (QED) is 0.856. The monoisotopic (exact) mass is 355 g/mol. The summed E-state index contributed by atoms with van der Waals surface area (Å²) in [5, 5.41) is 3.03. The average molecular weight is 355 g/mol. The summed E-state index contributed by atoms with van der Waals surface area (Å²) in [6.45, 7) is 0.671. The Bertz CT molecular complexity index is 739. The first kappa shape index (κ1) is 17.9. The standard InChI is InChI=1S/C19H19N2O5/c22-12-16(17-9-5-11-25-17)21(18(23)15-8-4-10-20-15)19(24)26-13-14-6-2-1-3-7-14/h1-3,5-7,9,11,15-16,20H,4,8,10,13H2/t15-,16?/m0/s1. The van der Waals surface area contributed by atoms with Gasteiger partial charge in [0.25, 0.3) is 0 Å². The summed E-state index contributed by atoms with van der Waals surface area (Å²) in [5.74, 6) is -0.367. The predicted molar refractivity (Wildman–Crippen MR) is 91.6 cm³/mol. The fourth-order valence-corrected chi connectivity index (χ4v) is 2.86. The Morgan fingerprint density at radius 3 is 2.69 bits per heavy atom. The third-order valence-corrected chi connectivity index (χ3v) is 4.18. The van der Waals surface area contributed by atoms with Crippen molar-refractivity contribution < 1.29 is 23.5 Å². The van der Waals surface area contributed by atoms with E-state index in [1.165, 1.54) is 12.3 Å². The number of imide groups is 1. The van der Waals surface area contributed by atoms with Crippen LogP contribution < -0.4 is 5.32 Å². The van der Waals surface area contributed by atoms with Crippen LogP contribution in [-0.4, -0.2) is 35.8 Å². The van der Waals surface area contributed by atoms with Crippen LogP contribution in [0.5, 0.6) is 0 Å². The van der Waals surface area contributed by atoms with Gasteiger partial charge in [-0.1, -0.05) is 30.3 Å². The van der Waals surface area contributed by atoms with Crippen molar-refractivity contribution in [2.24, 2.45) is 0 Å². The lowest BCUT2D eigenvalue weighted by molar-refractivity contribution is -0.132. The third-order valence-electron chi connectivity index (χ3n) is 4.18. The molecule has 3 rings (SSSR count). The molecule has 0 bridgehead atoms. The first-order valence-corrected chi connectivity index (χ1v) is 8.39. The summed E-state index contributed by atoms with van der Waals surface area (Å²) >= 11 is 0. The minimum atomic E-state index is -1.29. The number of amides is 2. The minimum Gasteiger partial charge on any atom is -0.467 e. The maximum atomic E-state index is 12.8. The molecule has 1 aromatic carbocycles. The van der Waals surface area contributed by atoms with Gasteiger partial charge in [0.1, 0.15) is 12.4 Å². The lowest BCUT2D eigenvalue weighted by atomic mass is 10.1. The maximum Gasteiger partial charge on any atom is 0.418 e. The van der Waals surface area contributed by atoms with Gasteiger partial charge in [0, 0.05) is 0 Å². The number of ether oxygens (including phenoxy) is 1. The van der Waals surface area contributed by atoms with Crippen molar-refractivity contribution in [1.82, 2.24) is 10.2 Å². The van der Waals surface area contributed by atoms with E-state index in [0.29, 0.717) is 13.0 Å². The third kappa shape index (κ3) is 4.00. The molecule has 7 heteroatoms. The first-order valence-electron chi connectivity index (χ1n) is 8.39. The van der Waals surface area contributed by atoms with Gasteiger partial charge in [0.15, 0.2) is 6.04 Å². The van der Waals surface area contributed by atoms with Crippen LogP contribution in [0.3, 0.4) is 0 Å². The first-order chi connectivity index (χ1) is 12.7. The molecule has 0 saturated carbocycles. The topological polar surface area (TPSA) is 88.8 Å². The van der Waals surface area contributed by atoms with E-state index in [9.17, 15) is 14.4 Å². The predicted octanol–water partition coefficient (Wildman–Crippen LogP) is 2.35. The molecular formula is C19H19N2O5. The summed E-state index contributed by atoms with van der Waals surface area (Å²) in [7, 11) is 0. The maximum absolute atomic E-state index is 12.8. The zero-order valence-electron chi connectivity index (χ0n) is 14.1. The Hall–Kier alpha value is -2.93. The smallest absolute Gasteiger partial charge is 0.418 e.